The topological polar surface area (TPSA) is 64.8 Å². The number of likely N-dealkylation sites (tertiary alicyclic amines) is 1. The van der Waals surface area contributed by atoms with Crippen molar-refractivity contribution in [1.82, 2.24) is 4.90 Å². The smallest absolute Gasteiger partial charge is 0.231 e. The number of hydrogen-bond donors (Lipinski definition) is 1. The number of benzene rings is 1. The number of amides is 1. The quantitative estimate of drug-likeness (QED) is 0.925. The van der Waals surface area contributed by atoms with Crippen molar-refractivity contribution in [3.05, 3.63) is 23.8 Å². The van der Waals surface area contributed by atoms with E-state index < -0.39 is 0 Å². The van der Waals surface area contributed by atoms with Crippen LogP contribution in [0.5, 0.6) is 11.5 Å². The zero-order chi connectivity index (χ0) is 14.8. The molecular formula is C16H22N2O3. The number of fused-ring (bicyclic) bond motifs is 1. The molecule has 2 aliphatic heterocycles. The van der Waals surface area contributed by atoms with Gasteiger partial charge in [-0.25, -0.2) is 0 Å². The summed E-state index contributed by atoms with van der Waals surface area (Å²) in [5.41, 5.74) is 7.25. The van der Waals surface area contributed by atoms with Gasteiger partial charge in [0.1, 0.15) is 0 Å². The molecule has 5 nitrogen and oxygen atoms in total. The molecule has 0 aromatic heterocycles. The maximum atomic E-state index is 12.1. The van der Waals surface area contributed by atoms with Gasteiger partial charge in [-0.05, 0) is 36.5 Å². The van der Waals surface area contributed by atoms with E-state index in [0.717, 1.165) is 36.4 Å². The monoisotopic (exact) mass is 290 g/mol. The molecule has 1 saturated heterocycles. The van der Waals surface area contributed by atoms with Crippen LogP contribution in [-0.4, -0.2) is 30.7 Å². The van der Waals surface area contributed by atoms with Crippen LogP contribution in [0.15, 0.2) is 18.2 Å². The van der Waals surface area contributed by atoms with Gasteiger partial charge < -0.3 is 20.1 Å². The minimum atomic E-state index is -0.197. The molecule has 1 aromatic carbocycles. The van der Waals surface area contributed by atoms with E-state index in [1.54, 1.807) is 0 Å². The first-order valence-electron chi connectivity index (χ1n) is 7.56. The predicted molar refractivity (Wildman–Crippen MR) is 79.1 cm³/mol. The average Bonchev–Trinajstić information content (AvgIpc) is 2.89. The minimum Gasteiger partial charge on any atom is -0.454 e. The number of carbonyl (C=O) groups excluding carboxylic acids is 1. The van der Waals surface area contributed by atoms with Gasteiger partial charge in [0, 0.05) is 25.6 Å². The Balaban J connectivity index is 1.68. The molecule has 0 bridgehead atoms. The molecule has 0 spiro atoms. The van der Waals surface area contributed by atoms with Gasteiger partial charge >= 0.3 is 0 Å². The first kappa shape index (κ1) is 14.2. The third kappa shape index (κ3) is 3.13. The van der Waals surface area contributed by atoms with Gasteiger partial charge in [0.25, 0.3) is 0 Å². The van der Waals surface area contributed by atoms with Gasteiger partial charge in [0.05, 0.1) is 0 Å². The second-order valence-electron chi connectivity index (χ2n) is 5.99. The molecule has 2 unspecified atom stereocenters. The van der Waals surface area contributed by atoms with Crippen molar-refractivity contribution in [2.24, 2.45) is 11.7 Å². The predicted octanol–water partition coefficient (Wildman–Crippen LogP) is 2.06. The fourth-order valence-electron chi connectivity index (χ4n) is 2.85. The van der Waals surface area contributed by atoms with Gasteiger partial charge in [0.2, 0.25) is 12.7 Å². The summed E-state index contributed by atoms with van der Waals surface area (Å²) in [4.78, 5) is 14.0. The lowest BCUT2D eigenvalue weighted by atomic mass is 10.0. The van der Waals surface area contributed by atoms with Crippen LogP contribution in [0.2, 0.25) is 0 Å². The second kappa shape index (κ2) is 5.93. The van der Waals surface area contributed by atoms with Gasteiger partial charge in [-0.2, -0.15) is 0 Å². The van der Waals surface area contributed by atoms with Crippen LogP contribution in [-0.2, 0) is 4.79 Å². The summed E-state index contributed by atoms with van der Waals surface area (Å²) in [5, 5.41) is 0. The molecule has 0 aliphatic carbocycles. The molecule has 2 aliphatic rings. The molecule has 1 aromatic rings. The van der Waals surface area contributed by atoms with Crippen LogP contribution in [0, 0.1) is 5.92 Å². The van der Waals surface area contributed by atoms with Crippen LogP contribution in [0.4, 0.5) is 0 Å². The summed E-state index contributed by atoms with van der Waals surface area (Å²) in [6.45, 7) is 3.83. The second-order valence-corrected chi connectivity index (χ2v) is 5.99. The number of nitrogens with two attached hydrogens (primary N) is 1. The number of carbonyl (C=O) groups is 1. The third-order valence-corrected chi connectivity index (χ3v) is 4.34. The lowest BCUT2D eigenvalue weighted by Gasteiger charge is -2.24. The van der Waals surface area contributed by atoms with E-state index in [1.807, 2.05) is 23.1 Å². The summed E-state index contributed by atoms with van der Waals surface area (Å²) < 4.78 is 10.7. The van der Waals surface area contributed by atoms with E-state index in [-0.39, 0.29) is 18.7 Å². The molecule has 114 valence electrons. The number of rotatable bonds is 3. The van der Waals surface area contributed by atoms with Crippen molar-refractivity contribution in [2.45, 2.75) is 32.2 Å². The SMILES string of the molecule is CC1CCC(=O)N(CC(N)c2ccc3c(c2)OCO3)CC1. The van der Waals surface area contributed by atoms with Crippen molar-refractivity contribution < 1.29 is 14.3 Å². The van der Waals surface area contributed by atoms with Crippen LogP contribution in [0.1, 0.15) is 37.8 Å². The van der Waals surface area contributed by atoms with E-state index in [2.05, 4.69) is 6.92 Å². The summed E-state index contributed by atoms with van der Waals surface area (Å²) in [5.74, 6) is 2.32. The van der Waals surface area contributed by atoms with E-state index in [9.17, 15) is 4.79 Å². The molecule has 2 heterocycles. The molecule has 1 fully saturated rings. The Hall–Kier alpha value is -1.75. The third-order valence-electron chi connectivity index (χ3n) is 4.34. The van der Waals surface area contributed by atoms with Gasteiger partial charge in [-0.1, -0.05) is 13.0 Å². The van der Waals surface area contributed by atoms with Gasteiger partial charge in [0.15, 0.2) is 11.5 Å². The van der Waals surface area contributed by atoms with E-state index in [1.165, 1.54) is 0 Å². The van der Waals surface area contributed by atoms with E-state index >= 15 is 0 Å². The maximum Gasteiger partial charge on any atom is 0.231 e. The first-order chi connectivity index (χ1) is 10.1. The van der Waals surface area contributed by atoms with Crippen molar-refractivity contribution in [2.75, 3.05) is 19.9 Å². The number of nitrogens with zero attached hydrogens (tertiary/aromatic N) is 1. The zero-order valence-electron chi connectivity index (χ0n) is 12.4. The minimum absolute atomic E-state index is 0.197. The Bertz CT molecular complexity index is 532. The number of hydrogen-bond acceptors (Lipinski definition) is 4. The fraction of sp³-hybridized carbons (Fsp3) is 0.562. The molecule has 0 radical (unpaired) electrons. The van der Waals surface area contributed by atoms with E-state index in [4.69, 9.17) is 15.2 Å². The lowest BCUT2D eigenvalue weighted by molar-refractivity contribution is -0.130. The molecule has 3 rings (SSSR count). The summed E-state index contributed by atoms with van der Waals surface area (Å²) in [7, 11) is 0. The van der Waals surface area contributed by atoms with Crippen LogP contribution in [0.25, 0.3) is 0 Å². The summed E-state index contributed by atoms with van der Waals surface area (Å²) in [6.07, 6.45) is 2.67. The molecular weight excluding hydrogens is 268 g/mol. The largest absolute Gasteiger partial charge is 0.454 e. The molecule has 5 heteroatoms. The Morgan fingerprint density at radius 2 is 2.14 bits per heavy atom. The van der Waals surface area contributed by atoms with Crippen molar-refractivity contribution in [3.63, 3.8) is 0 Å². The Morgan fingerprint density at radius 1 is 1.33 bits per heavy atom. The highest BCUT2D eigenvalue weighted by Crippen LogP contribution is 2.34. The van der Waals surface area contributed by atoms with Gasteiger partial charge in [-0.15, -0.1) is 0 Å². The fourth-order valence-corrected chi connectivity index (χ4v) is 2.85. The Labute approximate surface area is 125 Å². The van der Waals surface area contributed by atoms with E-state index in [0.29, 0.717) is 18.9 Å². The summed E-state index contributed by atoms with van der Waals surface area (Å²) >= 11 is 0. The van der Waals surface area contributed by atoms with Crippen molar-refractivity contribution >= 4 is 5.91 Å². The normalized spacial score (nSPS) is 23.0. The number of ether oxygens (including phenoxy) is 2. The molecule has 0 saturated carbocycles. The highest BCUT2D eigenvalue weighted by molar-refractivity contribution is 5.76. The lowest BCUT2D eigenvalue weighted by Crippen LogP contribution is -2.36. The van der Waals surface area contributed by atoms with Gasteiger partial charge in [-0.3, -0.25) is 4.79 Å². The average molecular weight is 290 g/mol. The highest BCUT2D eigenvalue weighted by atomic mass is 16.7. The summed E-state index contributed by atoms with van der Waals surface area (Å²) in [6, 6.07) is 5.54. The van der Waals surface area contributed by atoms with Crippen LogP contribution < -0.4 is 15.2 Å². The Kier molecular flexibility index (Phi) is 4.01. The maximum absolute atomic E-state index is 12.1. The van der Waals surface area contributed by atoms with Crippen molar-refractivity contribution in [3.8, 4) is 11.5 Å². The van der Waals surface area contributed by atoms with Crippen molar-refractivity contribution in [1.29, 1.82) is 0 Å². The molecule has 1 amide bonds. The van der Waals surface area contributed by atoms with Crippen LogP contribution >= 0.6 is 0 Å². The van der Waals surface area contributed by atoms with Crippen LogP contribution in [0.3, 0.4) is 0 Å². The Morgan fingerprint density at radius 3 is 3.00 bits per heavy atom. The molecule has 2 N–H and O–H groups in total. The zero-order valence-corrected chi connectivity index (χ0v) is 12.4. The highest BCUT2D eigenvalue weighted by Gasteiger charge is 2.23. The molecule has 21 heavy (non-hydrogen) atoms. The molecule has 2 atom stereocenters. The first-order valence-corrected chi connectivity index (χ1v) is 7.56. The standard InChI is InChI=1S/C16H22N2O3/c1-11-2-5-16(19)18(7-6-11)9-13(17)12-3-4-14-15(8-12)21-10-20-14/h3-4,8,11,13H,2,5-7,9-10,17H2,1H3.